The number of imidazole rings is 1. The highest BCUT2D eigenvalue weighted by Crippen LogP contribution is 2.22. The summed E-state index contributed by atoms with van der Waals surface area (Å²) in [5.41, 5.74) is 4.74. The van der Waals surface area contributed by atoms with Crippen LogP contribution in [0.15, 0.2) is 42.5 Å². The van der Waals surface area contributed by atoms with Crippen molar-refractivity contribution in [2.75, 3.05) is 7.11 Å². The lowest BCUT2D eigenvalue weighted by molar-refractivity contribution is 0.0601. The van der Waals surface area contributed by atoms with Crippen LogP contribution in [0.5, 0.6) is 0 Å². The van der Waals surface area contributed by atoms with Gasteiger partial charge in [-0.1, -0.05) is 6.07 Å². The van der Waals surface area contributed by atoms with Crippen LogP contribution in [0.2, 0.25) is 0 Å². The molecule has 0 spiro atoms. The third-order valence-corrected chi connectivity index (χ3v) is 3.52. The quantitative estimate of drug-likeness (QED) is 0.675. The fourth-order valence-electron chi connectivity index (χ4n) is 2.50. The first-order valence-corrected chi connectivity index (χ1v) is 6.74. The van der Waals surface area contributed by atoms with Gasteiger partial charge in [0.25, 0.3) is 0 Å². The molecule has 1 aromatic heterocycles. The molecule has 1 heterocycles. The number of methoxy groups -OCH3 is 1. The van der Waals surface area contributed by atoms with E-state index in [0.717, 1.165) is 22.5 Å². The second kappa shape index (κ2) is 5.05. The summed E-state index contributed by atoms with van der Waals surface area (Å²) in [6, 6.07) is 13.5. The van der Waals surface area contributed by atoms with Crippen LogP contribution in [-0.2, 0) is 4.74 Å². The molecule has 21 heavy (non-hydrogen) atoms. The number of carbonyl (C=O) groups excluding carboxylic acids is 1. The number of fused-ring (bicyclic) bond motifs is 1. The van der Waals surface area contributed by atoms with Crippen LogP contribution in [0.3, 0.4) is 0 Å². The fourth-order valence-corrected chi connectivity index (χ4v) is 2.50. The molecule has 3 aromatic rings. The van der Waals surface area contributed by atoms with E-state index in [2.05, 4.69) is 34.7 Å². The number of esters is 1. The predicted molar refractivity (Wildman–Crippen MR) is 81.9 cm³/mol. The molecule has 2 aromatic carbocycles. The standard InChI is InChI=1S/C17H16N2O2/c1-11-4-9-16-15(10-11)18-12(2)19(16)14-7-5-13(6-8-14)17(20)21-3/h4-10H,1-3H3. The zero-order chi connectivity index (χ0) is 15.0. The summed E-state index contributed by atoms with van der Waals surface area (Å²) in [5, 5.41) is 0. The number of aromatic nitrogens is 2. The number of aryl methyl sites for hydroxylation is 2. The smallest absolute Gasteiger partial charge is 0.337 e. The first-order valence-electron chi connectivity index (χ1n) is 6.74. The summed E-state index contributed by atoms with van der Waals surface area (Å²) < 4.78 is 6.80. The molecule has 106 valence electrons. The Kier molecular flexibility index (Phi) is 3.22. The van der Waals surface area contributed by atoms with Gasteiger partial charge in [-0.05, 0) is 55.8 Å². The number of carbonyl (C=O) groups is 1. The molecule has 4 nitrogen and oxygen atoms in total. The molecule has 0 aliphatic heterocycles. The molecule has 0 amide bonds. The first-order chi connectivity index (χ1) is 10.1. The number of hydrogen-bond acceptors (Lipinski definition) is 3. The topological polar surface area (TPSA) is 44.1 Å². The van der Waals surface area contributed by atoms with Crippen molar-refractivity contribution in [1.82, 2.24) is 9.55 Å². The SMILES string of the molecule is COC(=O)c1ccc(-n2c(C)nc3cc(C)ccc32)cc1. The van der Waals surface area contributed by atoms with Gasteiger partial charge < -0.3 is 4.74 Å². The number of rotatable bonds is 2. The van der Waals surface area contributed by atoms with Gasteiger partial charge in [-0.15, -0.1) is 0 Å². The molecule has 0 unspecified atom stereocenters. The number of nitrogens with zero attached hydrogens (tertiary/aromatic N) is 2. The van der Waals surface area contributed by atoms with Gasteiger partial charge in [0, 0.05) is 5.69 Å². The van der Waals surface area contributed by atoms with E-state index >= 15 is 0 Å². The molecule has 4 heteroatoms. The number of ether oxygens (including phenoxy) is 1. The summed E-state index contributed by atoms with van der Waals surface area (Å²) >= 11 is 0. The minimum Gasteiger partial charge on any atom is -0.465 e. The maximum Gasteiger partial charge on any atom is 0.337 e. The third-order valence-electron chi connectivity index (χ3n) is 3.52. The lowest BCUT2D eigenvalue weighted by atomic mass is 10.2. The van der Waals surface area contributed by atoms with Crippen molar-refractivity contribution in [3.63, 3.8) is 0 Å². The summed E-state index contributed by atoms with van der Waals surface area (Å²) in [6.45, 7) is 4.03. The van der Waals surface area contributed by atoms with Gasteiger partial charge in [-0.25, -0.2) is 9.78 Å². The summed E-state index contributed by atoms with van der Waals surface area (Å²) in [4.78, 5) is 16.1. The zero-order valence-electron chi connectivity index (χ0n) is 12.3. The van der Waals surface area contributed by atoms with E-state index < -0.39 is 0 Å². The Morgan fingerprint density at radius 2 is 1.81 bits per heavy atom. The lowest BCUT2D eigenvalue weighted by Gasteiger charge is -2.08. The van der Waals surface area contributed by atoms with Gasteiger partial charge in [0.2, 0.25) is 0 Å². The van der Waals surface area contributed by atoms with Crippen molar-refractivity contribution >= 4 is 17.0 Å². The predicted octanol–water partition coefficient (Wildman–Crippen LogP) is 3.43. The molecule has 0 saturated heterocycles. The van der Waals surface area contributed by atoms with Gasteiger partial charge in [-0.2, -0.15) is 0 Å². The summed E-state index contributed by atoms with van der Waals surface area (Å²) in [5.74, 6) is 0.589. The van der Waals surface area contributed by atoms with Crippen molar-refractivity contribution in [3.05, 3.63) is 59.4 Å². The first kappa shape index (κ1) is 13.4. The lowest BCUT2D eigenvalue weighted by Crippen LogP contribution is -2.02. The Morgan fingerprint density at radius 3 is 2.48 bits per heavy atom. The van der Waals surface area contributed by atoms with E-state index in [1.54, 1.807) is 12.1 Å². The Balaban J connectivity index is 2.12. The molecule has 0 bridgehead atoms. The van der Waals surface area contributed by atoms with E-state index in [-0.39, 0.29) is 5.97 Å². The minimum atomic E-state index is -0.329. The second-order valence-corrected chi connectivity index (χ2v) is 5.03. The molecule has 0 radical (unpaired) electrons. The van der Waals surface area contributed by atoms with E-state index in [4.69, 9.17) is 4.74 Å². The average Bonchev–Trinajstić information content (AvgIpc) is 2.81. The van der Waals surface area contributed by atoms with Crippen LogP contribution in [0.4, 0.5) is 0 Å². The Morgan fingerprint density at radius 1 is 1.10 bits per heavy atom. The van der Waals surface area contributed by atoms with Crippen molar-refractivity contribution in [2.45, 2.75) is 13.8 Å². The number of hydrogen-bond donors (Lipinski definition) is 0. The highest BCUT2D eigenvalue weighted by Gasteiger charge is 2.10. The number of benzene rings is 2. The van der Waals surface area contributed by atoms with E-state index in [1.807, 2.05) is 19.1 Å². The molecule has 0 fully saturated rings. The van der Waals surface area contributed by atoms with Gasteiger partial charge in [0.15, 0.2) is 0 Å². The molecule has 0 aliphatic carbocycles. The van der Waals surface area contributed by atoms with Gasteiger partial charge in [0.05, 0.1) is 23.7 Å². The highest BCUT2D eigenvalue weighted by molar-refractivity contribution is 5.89. The van der Waals surface area contributed by atoms with Crippen molar-refractivity contribution in [3.8, 4) is 5.69 Å². The monoisotopic (exact) mass is 280 g/mol. The van der Waals surface area contributed by atoms with Crippen molar-refractivity contribution in [2.24, 2.45) is 0 Å². The largest absolute Gasteiger partial charge is 0.465 e. The molecule has 0 saturated carbocycles. The second-order valence-electron chi connectivity index (χ2n) is 5.03. The van der Waals surface area contributed by atoms with Crippen molar-refractivity contribution in [1.29, 1.82) is 0 Å². The van der Waals surface area contributed by atoms with Crippen LogP contribution in [0.1, 0.15) is 21.7 Å². The molecule has 0 aliphatic rings. The van der Waals surface area contributed by atoms with Crippen molar-refractivity contribution < 1.29 is 9.53 Å². The Labute approximate surface area is 123 Å². The van der Waals surface area contributed by atoms with Crippen LogP contribution in [-0.4, -0.2) is 22.6 Å². The molecule has 3 rings (SSSR count). The maximum atomic E-state index is 11.5. The molecule has 0 atom stereocenters. The highest BCUT2D eigenvalue weighted by atomic mass is 16.5. The van der Waals surface area contributed by atoms with E-state index in [9.17, 15) is 4.79 Å². The van der Waals surface area contributed by atoms with Gasteiger partial charge >= 0.3 is 5.97 Å². The maximum absolute atomic E-state index is 11.5. The summed E-state index contributed by atoms with van der Waals surface area (Å²) in [7, 11) is 1.38. The third kappa shape index (κ3) is 2.29. The van der Waals surface area contributed by atoms with Crippen LogP contribution in [0.25, 0.3) is 16.7 Å². The Bertz CT molecular complexity index is 817. The summed E-state index contributed by atoms with van der Waals surface area (Å²) in [6.07, 6.45) is 0. The van der Waals surface area contributed by atoms with E-state index in [0.29, 0.717) is 5.56 Å². The van der Waals surface area contributed by atoms with Crippen LogP contribution < -0.4 is 0 Å². The van der Waals surface area contributed by atoms with E-state index in [1.165, 1.54) is 12.7 Å². The van der Waals surface area contributed by atoms with Crippen LogP contribution >= 0.6 is 0 Å². The van der Waals surface area contributed by atoms with Gasteiger partial charge in [-0.3, -0.25) is 4.57 Å². The average molecular weight is 280 g/mol. The van der Waals surface area contributed by atoms with Gasteiger partial charge in [0.1, 0.15) is 5.82 Å². The van der Waals surface area contributed by atoms with Crippen LogP contribution in [0, 0.1) is 13.8 Å². The molecular formula is C17H16N2O2. The normalized spacial score (nSPS) is 10.8. The molecular weight excluding hydrogens is 264 g/mol. The zero-order valence-corrected chi connectivity index (χ0v) is 12.3. The minimum absolute atomic E-state index is 0.329. The fraction of sp³-hybridized carbons (Fsp3) is 0.176. The molecule has 0 N–H and O–H groups in total. The Hall–Kier alpha value is -2.62.